The molecular formula is C19H15F6N5O2S. The number of nitrogens with zero attached hydrogens (tertiary/aromatic N) is 3. The van der Waals surface area contributed by atoms with Gasteiger partial charge in [0.1, 0.15) is 22.7 Å². The van der Waals surface area contributed by atoms with E-state index in [1.165, 1.54) is 6.07 Å². The summed E-state index contributed by atoms with van der Waals surface area (Å²) in [5.41, 5.74) is 2.91. The number of anilines is 1. The molecule has 1 aromatic carbocycles. The molecule has 2 aromatic rings. The van der Waals surface area contributed by atoms with E-state index in [0.717, 1.165) is 36.3 Å². The van der Waals surface area contributed by atoms with Crippen LogP contribution in [0.3, 0.4) is 0 Å². The van der Waals surface area contributed by atoms with Gasteiger partial charge in [-0.05, 0) is 18.2 Å². The molecule has 3 N–H and O–H groups in total. The number of ether oxygens (including phenoxy) is 1. The molecule has 1 aromatic heterocycles. The number of halogens is 6. The van der Waals surface area contributed by atoms with Crippen LogP contribution in [0.4, 0.5) is 32.0 Å². The van der Waals surface area contributed by atoms with E-state index in [1.54, 1.807) is 0 Å². The third-order valence-electron chi connectivity index (χ3n) is 5.32. The van der Waals surface area contributed by atoms with Gasteiger partial charge in [0, 0.05) is 22.9 Å². The molecule has 0 bridgehead atoms. The predicted octanol–water partition coefficient (Wildman–Crippen LogP) is 3.64. The Morgan fingerprint density at radius 2 is 2.03 bits per heavy atom. The van der Waals surface area contributed by atoms with Gasteiger partial charge in [0.15, 0.2) is 11.3 Å². The highest BCUT2D eigenvalue weighted by atomic mass is 32.2. The van der Waals surface area contributed by atoms with E-state index in [2.05, 4.69) is 20.3 Å². The van der Waals surface area contributed by atoms with Crippen molar-refractivity contribution in [2.75, 3.05) is 17.7 Å². The first-order chi connectivity index (χ1) is 15.5. The van der Waals surface area contributed by atoms with E-state index < -0.39 is 54.2 Å². The van der Waals surface area contributed by atoms with Crippen LogP contribution in [0.25, 0.3) is 0 Å². The first-order valence-corrected chi connectivity index (χ1v) is 10.4. The second-order valence-electron chi connectivity index (χ2n) is 7.34. The Kier molecular flexibility index (Phi) is 5.99. The lowest BCUT2D eigenvalue weighted by Gasteiger charge is -2.36. The van der Waals surface area contributed by atoms with Crippen LogP contribution in [-0.4, -0.2) is 45.7 Å². The van der Waals surface area contributed by atoms with Gasteiger partial charge in [0.25, 0.3) is 12.3 Å². The van der Waals surface area contributed by atoms with Crippen molar-refractivity contribution in [1.29, 1.82) is 0 Å². The van der Waals surface area contributed by atoms with E-state index in [-0.39, 0.29) is 27.9 Å². The minimum Gasteiger partial charge on any atom is -0.379 e. The van der Waals surface area contributed by atoms with Gasteiger partial charge in [-0.2, -0.15) is 13.2 Å². The molecule has 3 heterocycles. The first-order valence-electron chi connectivity index (χ1n) is 9.39. The van der Waals surface area contributed by atoms with Gasteiger partial charge in [-0.3, -0.25) is 9.78 Å². The van der Waals surface area contributed by atoms with E-state index in [0.29, 0.717) is 0 Å². The molecule has 14 heteroatoms. The zero-order valence-electron chi connectivity index (χ0n) is 16.4. The van der Waals surface area contributed by atoms with Crippen molar-refractivity contribution in [1.82, 2.24) is 9.97 Å². The summed E-state index contributed by atoms with van der Waals surface area (Å²) < 4.78 is 85.6. The molecule has 7 nitrogen and oxygen atoms in total. The van der Waals surface area contributed by atoms with Crippen molar-refractivity contribution in [2.24, 2.45) is 16.6 Å². The molecule has 0 spiro atoms. The number of rotatable bonds is 4. The van der Waals surface area contributed by atoms with Crippen LogP contribution in [0.5, 0.6) is 0 Å². The summed E-state index contributed by atoms with van der Waals surface area (Å²) in [5.74, 6) is -3.04. The van der Waals surface area contributed by atoms with Crippen LogP contribution >= 0.6 is 11.8 Å². The van der Waals surface area contributed by atoms with E-state index in [1.807, 2.05) is 0 Å². The average molecular weight is 491 g/mol. The fraction of sp³-hybridized carbons (Fsp3) is 0.368. The lowest BCUT2D eigenvalue weighted by molar-refractivity contribution is -0.215. The quantitative estimate of drug-likeness (QED) is 0.634. The average Bonchev–Trinajstić information content (AvgIpc) is 3.15. The summed E-state index contributed by atoms with van der Waals surface area (Å²) in [6, 6.07) is 3.30. The Balaban J connectivity index is 1.66. The summed E-state index contributed by atoms with van der Waals surface area (Å²) in [6.07, 6.45) is -8.14. The number of fused-ring (bicyclic) bond motifs is 1. The van der Waals surface area contributed by atoms with Gasteiger partial charge >= 0.3 is 6.18 Å². The van der Waals surface area contributed by atoms with Gasteiger partial charge in [0.05, 0.1) is 19.0 Å². The molecular weight excluding hydrogens is 476 g/mol. The van der Waals surface area contributed by atoms with Crippen LogP contribution in [-0.2, 0) is 10.3 Å². The fourth-order valence-electron chi connectivity index (χ4n) is 3.79. The smallest absolute Gasteiger partial charge is 0.379 e. The highest BCUT2D eigenvalue weighted by Gasteiger charge is 2.62. The monoisotopic (exact) mass is 491 g/mol. The lowest BCUT2D eigenvalue weighted by atomic mass is 9.78. The second-order valence-corrected chi connectivity index (χ2v) is 8.38. The summed E-state index contributed by atoms with van der Waals surface area (Å²) in [7, 11) is 0. The normalized spacial score (nSPS) is 25.0. The molecule has 1 amide bonds. The number of carbonyl (C=O) groups excluding carboxylic acids is 1. The summed E-state index contributed by atoms with van der Waals surface area (Å²) in [4.78, 5) is 23.6. The summed E-state index contributed by atoms with van der Waals surface area (Å²) in [5, 5.41) is 2.39. The minimum atomic E-state index is -4.69. The summed E-state index contributed by atoms with van der Waals surface area (Å²) >= 11 is 0.916. The number of benzene rings is 1. The van der Waals surface area contributed by atoms with Gasteiger partial charge < -0.3 is 15.8 Å². The number of alkyl halides is 5. The Morgan fingerprint density at radius 1 is 1.27 bits per heavy atom. The number of hydrogen-bond acceptors (Lipinski definition) is 7. The molecule has 2 aliphatic heterocycles. The van der Waals surface area contributed by atoms with Crippen LogP contribution in [0.1, 0.15) is 28.2 Å². The van der Waals surface area contributed by atoms with Crippen LogP contribution in [0, 0.1) is 11.7 Å². The maximum absolute atomic E-state index is 14.9. The Hall–Kier alpha value is -2.87. The van der Waals surface area contributed by atoms with Gasteiger partial charge in [-0.25, -0.2) is 23.1 Å². The van der Waals surface area contributed by atoms with Crippen LogP contribution in [0.2, 0.25) is 0 Å². The van der Waals surface area contributed by atoms with E-state index in [9.17, 15) is 31.1 Å². The zero-order valence-corrected chi connectivity index (χ0v) is 17.3. The highest BCUT2D eigenvalue weighted by Crippen LogP contribution is 2.52. The summed E-state index contributed by atoms with van der Waals surface area (Å²) in [6.45, 7) is -0.558. The molecule has 3 atom stereocenters. The number of nitrogens with one attached hydrogen (secondary N) is 1. The minimum absolute atomic E-state index is 0.0130. The second kappa shape index (κ2) is 8.48. The molecule has 0 aliphatic carbocycles. The maximum Gasteiger partial charge on any atom is 0.415 e. The molecule has 4 rings (SSSR count). The molecule has 0 saturated carbocycles. The Morgan fingerprint density at radius 3 is 2.67 bits per heavy atom. The van der Waals surface area contributed by atoms with Gasteiger partial charge in [-0.15, -0.1) is 0 Å². The van der Waals surface area contributed by atoms with Crippen LogP contribution < -0.4 is 11.1 Å². The molecule has 176 valence electrons. The SMILES string of the molecule is NC1=N[C@]2(c3cc(NC(=O)c4cnc(C(F)F)cn4)ccc3F)CO[C@@H](C(F)(F)F)[C@@H]2CS1. The molecule has 0 unspecified atom stereocenters. The number of hydrogen-bond donors (Lipinski definition) is 2. The van der Waals surface area contributed by atoms with Crippen molar-refractivity contribution < 1.29 is 35.9 Å². The number of aromatic nitrogens is 2. The van der Waals surface area contributed by atoms with Crippen LogP contribution in [0.15, 0.2) is 35.6 Å². The third kappa shape index (κ3) is 4.36. The largest absolute Gasteiger partial charge is 0.415 e. The zero-order chi connectivity index (χ0) is 24.0. The number of carbonyl (C=O) groups is 1. The third-order valence-corrected chi connectivity index (χ3v) is 6.24. The molecule has 33 heavy (non-hydrogen) atoms. The van der Waals surface area contributed by atoms with Gasteiger partial charge in [0.2, 0.25) is 0 Å². The standard InChI is InChI=1S/C19H15F6N5O2S/c20-11-2-1-8(29-16(31)13-5-27-12(4-28-13)15(21)22)3-9(11)18-7-32-14(19(23,24)25)10(18)6-33-17(26)30-18/h1-5,10,14-15H,6-7H2,(H2,26,30)(H,29,31)/t10-,14+,18-/m0/s1. The predicted molar refractivity (Wildman–Crippen MR) is 106 cm³/mol. The van der Waals surface area contributed by atoms with E-state index in [4.69, 9.17) is 10.5 Å². The highest BCUT2D eigenvalue weighted by molar-refractivity contribution is 8.13. The topological polar surface area (TPSA) is 102 Å². The number of amides is 1. The van der Waals surface area contributed by atoms with Crippen molar-refractivity contribution in [2.45, 2.75) is 24.2 Å². The first kappa shape index (κ1) is 23.3. The van der Waals surface area contributed by atoms with E-state index >= 15 is 0 Å². The van der Waals surface area contributed by atoms with Crippen molar-refractivity contribution in [3.05, 3.63) is 53.4 Å². The van der Waals surface area contributed by atoms with Gasteiger partial charge in [-0.1, -0.05) is 11.8 Å². The molecule has 2 aliphatic rings. The lowest BCUT2D eigenvalue weighted by Crippen LogP contribution is -2.46. The Labute approximate surface area is 186 Å². The molecule has 1 saturated heterocycles. The number of nitrogens with two attached hydrogens (primary N) is 1. The fourth-order valence-corrected chi connectivity index (χ4v) is 4.82. The molecule has 1 fully saturated rings. The maximum atomic E-state index is 14.9. The number of amidine groups is 1. The van der Waals surface area contributed by atoms with Crippen molar-refractivity contribution >= 4 is 28.5 Å². The number of thioether (sulfide) groups is 1. The molecule has 0 radical (unpaired) electrons. The van der Waals surface area contributed by atoms with Crippen molar-refractivity contribution in [3.63, 3.8) is 0 Å². The van der Waals surface area contributed by atoms with Crippen molar-refractivity contribution in [3.8, 4) is 0 Å². The Bertz CT molecular complexity index is 1100. The number of aliphatic imine (C=N–C) groups is 1.